The molecule has 20 heavy (non-hydrogen) atoms. The molecule has 0 aliphatic carbocycles. The van der Waals surface area contributed by atoms with Crippen molar-refractivity contribution in [1.29, 1.82) is 0 Å². The summed E-state index contributed by atoms with van der Waals surface area (Å²) in [5.41, 5.74) is 3.66. The standard InChI is InChI=1S/C13H23N5O2/c1-9(2)14-7-11(19)8-20-13-6-5-12(17-18-13)16-15-10(3)4/h5-6,9,11,14,19H,7-8H2,1-4H3,(H,16,17). The number of hydrogen-bond donors (Lipinski definition) is 3. The Morgan fingerprint density at radius 2 is 2.10 bits per heavy atom. The molecule has 0 fully saturated rings. The summed E-state index contributed by atoms with van der Waals surface area (Å²) in [6.45, 7) is 8.45. The van der Waals surface area contributed by atoms with Crippen LogP contribution in [0.3, 0.4) is 0 Å². The smallest absolute Gasteiger partial charge is 0.233 e. The normalized spacial score (nSPS) is 12.1. The summed E-state index contributed by atoms with van der Waals surface area (Å²) in [4.78, 5) is 0. The third kappa shape index (κ3) is 7.01. The Morgan fingerprint density at radius 1 is 1.35 bits per heavy atom. The molecule has 1 atom stereocenters. The van der Waals surface area contributed by atoms with Crippen molar-refractivity contribution in [3.8, 4) is 5.88 Å². The van der Waals surface area contributed by atoms with Crippen LogP contribution in [0.5, 0.6) is 5.88 Å². The van der Waals surface area contributed by atoms with Crippen LogP contribution in [0.4, 0.5) is 5.82 Å². The molecule has 0 spiro atoms. The van der Waals surface area contributed by atoms with Gasteiger partial charge in [-0.3, -0.25) is 5.43 Å². The van der Waals surface area contributed by atoms with Crippen LogP contribution in [0.2, 0.25) is 0 Å². The molecule has 3 N–H and O–H groups in total. The van der Waals surface area contributed by atoms with Crippen LogP contribution in [0.25, 0.3) is 0 Å². The van der Waals surface area contributed by atoms with Gasteiger partial charge >= 0.3 is 0 Å². The molecule has 1 unspecified atom stereocenters. The van der Waals surface area contributed by atoms with Gasteiger partial charge in [-0.15, -0.1) is 10.2 Å². The fraction of sp³-hybridized carbons (Fsp3) is 0.615. The van der Waals surface area contributed by atoms with Gasteiger partial charge in [0.05, 0.1) is 0 Å². The predicted molar refractivity (Wildman–Crippen MR) is 79.1 cm³/mol. The first-order valence-electron chi connectivity index (χ1n) is 6.62. The third-order valence-corrected chi connectivity index (χ3v) is 2.22. The fourth-order valence-corrected chi connectivity index (χ4v) is 1.24. The first kappa shape index (κ1) is 16.3. The van der Waals surface area contributed by atoms with Crippen LogP contribution in [-0.2, 0) is 0 Å². The van der Waals surface area contributed by atoms with Crippen molar-refractivity contribution in [1.82, 2.24) is 15.5 Å². The van der Waals surface area contributed by atoms with Crippen LogP contribution < -0.4 is 15.5 Å². The van der Waals surface area contributed by atoms with E-state index in [2.05, 4.69) is 26.0 Å². The molecule has 7 nitrogen and oxygen atoms in total. The Labute approximate surface area is 119 Å². The first-order valence-corrected chi connectivity index (χ1v) is 6.62. The summed E-state index contributed by atoms with van der Waals surface area (Å²) >= 11 is 0. The van der Waals surface area contributed by atoms with Crippen molar-refractivity contribution in [3.63, 3.8) is 0 Å². The second-order valence-corrected chi connectivity index (χ2v) is 4.96. The van der Waals surface area contributed by atoms with Gasteiger partial charge in [0.25, 0.3) is 0 Å². The van der Waals surface area contributed by atoms with Gasteiger partial charge in [0, 0.05) is 24.4 Å². The molecule has 7 heteroatoms. The molecule has 0 aromatic carbocycles. The van der Waals surface area contributed by atoms with E-state index in [0.717, 1.165) is 5.71 Å². The molecule has 0 saturated carbocycles. The molecule has 1 rings (SSSR count). The van der Waals surface area contributed by atoms with Crippen LogP contribution in [0, 0.1) is 0 Å². The monoisotopic (exact) mass is 281 g/mol. The van der Waals surface area contributed by atoms with E-state index in [4.69, 9.17) is 4.74 Å². The Morgan fingerprint density at radius 3 is 2.65 bits per heavy atom. The van der Waals surface area contributed by atoms with Gasteiger partial charge in [-0.1, -0.05) is 13.8 Å². The maximum Gasteiger partial charge on any atom is 0.233 e. The van der Waals surface area contributed by atoms with Crippen LogP contribution in [0.1, 0.15) is 27.7 Å². The van der Waals surface area contributed by atoms with Crippen molar-refractivity contribution in [2.24, 2.45) is 5.10 Å². The van der Waals surface area contributed by atoms with E-state index in [1.54, 1.807) is 12.1 Å². The van der Waals surface area contributed by atoms with E-state index in [0.29, 0.717) is 24.3 Å². The minimum atomic E-state index is -0.579. The minimum absolute atomic E-state index is 0.174. The van der Waals surface area contributed by atoms with Gasteiger partial charge in [0.2, 0.25) is 5.88 Å². The lowest BCUT2D eigenvalue weighted by atomic mass is 10.3. The van der Waals surface area contributed by atoms with E-state index in [1.807, 2.05) is 27.7 Å². The van der Waals surface area contributed by atoms with Gasteiger partial charge in [-0.2, -0.15) is 5.10 Å². The van der Waals surface area contributed by atoms with E-state index in [-0.39, 0.29) is 6.61 Å². The molecule has 0 bridgehead atoms. The Bertz CT molecular complexity index is 415. The lowest BCUT2D eigenvalue weighted by Crippen LogP contribution is -2.35. The SMILES string of the molecule is CC(C)=NNc1ccc(OCC(O)CNC(C)C)nn1. The number of aromatic nitrogens is 2. The second kappa shape index (κ2) is 8.44. The predicted octanol–water partition coefficient (Wildman–Crippen LogP) is 1.02. The third-order valence-electron chi connectivity index (χ3n) is 2.22. The number of hydrogen-bond acceptors (Lipinski definition) is 7. The van der Waals surface area contributed by atoms with Crippen molar-refractivity contribution in [2.45, 2.75) is 39.8 Å². The minimum Gasteiger partial charge on any atom is -0.474 e. The van der Waals surface area contributed by atoms with Crippen molar-refractivity contribution >= 4 is 11.5 Å². The number of ether oxygens (including phenoxy) is 1. The number of anilines is 1. The Balaban J connectivity index is 2.36. The van der Waals surface area contributed by atoms with E-state index < -0.39 is 6.10 Å². The van der Waals surface area contributed by atoms with Crippen molar-refractivity contribution in [2.75, 3.05) is 18.6 Å². The Hall–Kier alpha value is -1.73. The average molecular weight is 281 g/mol. The highest BCUT2D eigenvalue weighted by atomic mass is 16.5. The summed E-state index contributed by atoms with van der Waals surface area (Å²) in [5, 5.41) is 24.6. The zero-order chi connectivity index (χ0) is 15.0. The van der Waals surface area contributed by atoms with E-state index >= 15 is 0 Å². The summed E-state index contributed by atoms with van der Waals surface area (Å²) in [6, 6.07) is 3.73. The zero-order valence-corrected chi connectivity index (χ0v) is 12.4. The molecule has 0 aliphatic rings. The largest absolute Gasteiger partial charge is 0.474 e. The molecule has 0 radical (unpaired) electrons. The topological polar surface area (TPSA) is 91.7 Å². The highest BCUT2D eigenvalue weighted by Crippen LogP contribution is 2.08. The molecule has 0 amide bonds. The lowest BCUT2D eigenvalue weighted by Gasteiger charge is -2.14. The molecule has 112 valence electrons. The Kier molecular flexibility index (Phi) is 6.89. The lowest BCUT2D eigenvalue weighted by molar-refractivity contribution is 0.101. The van der Waals surface area contributed by atoms with Gasteiger partial charge < -0.3 is 15.2 Å². The summed E-state index contributed by atoms with van der Waals surface area (Å²) in [7, 11) is 0. The molecule has 0 aliphatic heterocycles. The van der Waals surface area contributed by atoms with E-state index in [1.165, 1.54) is 0 Å². The van der Waals surface area contributed by atoms with Gasteiger partial charge in [0.1, 0.15) is 12.7 Å². The quantitative estimate of drug-likeness (QED) is 0.487. The number of nitrogens with one attached hydrogen (secondary N) is 2. The molecule has 1 heterocycles. The van der Waals surface area contributed by atoms with Crippen molar-refractivity contribution in [3.05, 3.63) is 12.1 Å². The number of aliphatic hydroxyl groups excluding tert-OH is 1. The molecular weight excluding hydrogens is 258 g/mol. The average Bonchev–Trinajstić information content (AvgIpc) is 2.41. The fourth-order valence-electron chi connectivity index (χ4n) is 1.24. The highest BCUT2D eigenvalue weighted by molar-refractivity contribution is 5.79. The number of hydrazone groups is 1. The van der Waals surface area contributed by atoms with Gasteiger partial charge in [0.15, 0.2) is 5.82 Å². The highest BCUT2D eigenvalue weighted by Gasteiger charge is 2.06. The summed E-state index contributed by atoms with van der Waals surface area (Å²) < 4.78 is 5.35. The molecule has 1 aromatic heterocycles. The summed E-state index contributed by atoms with van der Waals surface area (Å²) in [5.74, 6) is 0.914. The summed E-state index contributed by atoms with van der Waals surface area (Å²) in [6.07, 6.45) is -0.579. The second-order valence-electron chi connectivity index (χ2n) is 4.96. The van der Waals surface area contributed by atoms with Gasteiger partial charge in [-0.25, -0.2) is 0 Å². The van der Waals surface area contributed by atoms with E-state index in [9.17, 15) is 5.11 Å². The van der Waals surface area contributed by atoms with Gasteiger partial charge in [-0.05, 0) is 19.9 Å². The van der Waals surface area contributed by atoms with Crippen LogP contribution >= 0.6 is 0 Å². The van der Waals surface area contributed by atoms with Crippen LogP contribution in [-0.4, -0.2) is 46.3 Å². The molecular formula is C13H23N5O2. The maximum absolute atomic E-state index is 9.69. The maximum atomic E-state index is 9.69. The number of aliphatic hydroxyl groups is 1. The number of nitrogens with zero attached hydrogens (tertiary/aromatic N) is 3. The zero-order valence-electron chi connectivity index (χ0n) is 12.4. The molecule has 1 aromatic rings. The first-order chi connectivity index (χ1) is 9.47. The molecule has 0 saturated heterocycles. The number of rotatable bonds is 8. The van der Waals surface area contributed by atoms with Crippen molar-refractivity contribution < 1.29 is 9.84 Å². The van der Waals surface area contributed by atoms with Crippen LogP contribution in [0.15, 0.2) is 17.2 Å².